The summed E-state index contributed by atoms with van der Waals surface area (Å²) in [5.41, 5.74) is 1.70. The minimum atomic E-state index is 0.470. The average Bonchev–Trinajstić information content (AvgIpc) is 2.39. The van der Waals surface area contributed by atoms with Crippen molar-refractivity contribution >= 4 is 17.4 Å². The predicted molar refractivity (Wildman–Crippen MR) is 70.8 cm³/mol. The molecule has 0 N–H and O–H groups in total. The van der Waals surface area contributed by atoms with Gasteiger partial charge in [0.05, 0.1) is 23.8 Å². The third kappa shape index (κ3) is 3.00. The molecule has 2 rings (SSSR count). The lowest BCUT2D eigenvalue weighted by Crippen LogP contribution is -2.24. The van der Waals surface area contributed by atoms with Gasteiger partial charge in [0.25, 0.3) is 0 Å². The SMILES string of the molecule is CN(CC1=CCCOC1)c1ncc(C#N)cc1Cl. The van der Waals surface area contributed by atoms with Crippen molar-refractivity contribution in [2.45, 2.75) is 6.42 Å². The highest BCUT2D eigenvalue weighted by Crippen LogP contribution is 2.23. The molecule has 1 aromatic heterocycles. The molecule has 0 aliphatic carbocycles. The summed E-state index contributed by atoms with van der Waals surface area (Å²) in [5.74, 6) is 0.683. The highest BCUT2D eigenvalue weighted by atomic mass is 35.5. The second kappa shape index (κ2) is 5.85. The van der Waals surface area contributed by atoms with Crippen molar-refractivity contribution in [2.75, 3.05) is 31.7 Å². The topological polar surface area (TPSA) is 49.1 Å². The molecule has 0 amide bonds. The first-order chi connectivity index (χ1) is 8.70. The minimum absolute atomic E-state index is 0.470. The largest absolute Gasteiger partial charge is 0.377 e. The molecule has 0 saturated heterocycles. The molecule has 4 nitrogen and oxygen atoms in total. The number of hydrogen-bond acceptors (Lipinski definition) is 4. The second-order valence-corrected chi connectivity index (χ2v) is 4.61. The summed E-state index contributed by atoms with van der Waals surface area (Å²) >= 11 is 6.11. The molecular formula is C13H14ClN3O. The Morgan fingerprint density at radius 2 is 2.44 bits per heavy atom. The average molecular weight is 264 g/mol. The van der Waals surface area contributed by atoms with Crippen LogP contribution in [-0.2, 0) is 4.74 Å². The van der Waals surface area contributed by atoms with Crippen LogP contribution >= 0.6 is 11.6 Å². The van der Waals surface area contributed by atoms with Crippen LogP contribution in [0.3, 0.4) is 0 Å². The zero-order valence-corrected chi connectivity index (χ0v) is 10.9. The molecular weight excluding hydrogens is 250 g/mol. The van der Waals surface area contributed by atoms with E-state index in [1.54, 1.807) is 6.07 Å². The van der Waals surface area contributed by atoms with Crippen LogP contribution in [0.25, 0.3) is 0 Å². The number of nitriles is 1. The molecule has 1 aliphatic rings. The Balaban J connectivity index is 2.11. The van der Waals surface area contributed by atoms with Crippen molar-refractivity contribution < 1.29 is 4.74 Å². The Bertz CT molecular complexity index is 507. The van der Waals surface area contributed by atoms with Gasteiger partial charge in [-0.3, -0.25) is 0 Å². The van der Waals surface area contributed by atoms with E-state index in [0.29, 0.717) is 23.0 Å². The highest BCUT2D eigenvalue weighted by molar-refractivity contribution is 6.33. The number of anilines is 1. The first kappa shape index (κ1) is 12.9. The number of nitrogens with zero attached hydrogens (tertiary/aromatic N) is 3. The zero-order chi connectivity index (χ0) is 13.0. The predicted octanol–water partition coefficient (Wildman–Crippen LogP) is 2.39. The van der Waals surface area contributed by atoms with Gasteiger partial charge >= 0.3 is 0 Å². The molecule has 0 unspecified atom stereocenters. The quantitative estimate of drug-likeness (QED) is 0.786. The van der Waals surface area contributed by atoms with E-state index < -0.39 is 0 Å². The van der Waals surface area contributed by atoms with Gasteiger partial charge in [-0.25, -0.2) is 4.98 Å². The van der Waals surface area contributed by atoms with Gasteiger partial charge in [-0.1, -0.05) is 17.7 Å². The first-order valence-corrected chi connectivity index (χ1v) is 6.11. The molecule has 0 bridgehead atoms. The van der Waals surface area contributed by atoms with Crippen LogP contribution < -0.4 is 4.90 Å². The monoisotopic (exact) mass is 263 g/mol. The standard InChI is InChI=1S/C13H14ClN3O/c1-17(8-10-3-2-4-18-9-10)13-12(14)5-11(6-15)7-16-13/h3,5,7H,2,4,8-9H2,1H3. The molecule has 0 aromatic carbocycles. The van der Waals surface area contributed by atoms with Crippen LogP contribution in [0.4, 0.5) is 5.82 Å². The molecule has 94 valence electrons. The van der Waals surface area contributed by atoms with Gasteiger partial charge in [-0.2, -0.15) is 5.26 Å². The Morgan fingerprint density at radius 1 is 1.61 bits per heavy atom. The Morgan fingerprint density at radius 3 is 3.06 bits per heavy atom. The number of likely N-dealkylation sites (N-methyl/N-ethyl adjacent to an activating group) is 1. The van der Waals surface area contributed by atoms with Crippen LogP contribution in [-0.4, -0.2) is 31.8 Å². The maximum atomic E-state index is 8.76. The maximum absolute atomic E-state index is 8.76. The fourth-order valence-corrected chi connectivity index (χ4v) is 2.18. The van der Waals surface area contributed by atoms with Gasteiger partial charge in [0, 0.05) is 19.8 Å². The van der Waals surface area contributed by atoms with E-state index in [2.05, 4.69) is 11.1 Å². The van der Waals surface area contributed by atoms with Crippen molar-refractivity contribution in [3.63, 3.8) is 0 Å². The molecule has 0 spiro atoms. The summed E-state index contributed by atoms with van der Waals surface area (Å²) < 4.78 is 5.39. The number of pyridine rings is 1. The van der Waals surface area contributed by atoms with Gasteiger partial charge < -0.3 is 9.64 Å². The lowest BCUT2D eigenvalue weighted by molar-refractivity contribution is 0.149. The Hall–Kier alpha value is -1.57. The molecule has 0 saturated carbocycles. The van der Waals surface area contributed by atoms with E-state index in [1.807, 2.05) is 18.0 Å². The smallest absolute Gasteiger partial charge is 0.147 e. The minimum Gasteiger partial charge on any atom is -0.377 e. The van der Waals surface area contributed by atoms with Crippen molar-refractivity contribution in [2.24, 2.45) is 0 Å². The van der Waals surface area contributed by atoms with Crippen LogP contribution in [0.2, 0.25) is 5.02 Å². The van der Waals surface area contributed by atoms with E-state index in [4.69, 9.17) is 21.6 Å². The summed E-state index contributed by atoms with van der Waals surface area (Å²) in [6, 6.07) is 3.65. The number of hydrogen-bond donors (Lipinski definition) is 0. The highest BCUT2D eigenvalue weighted by Gasteiger charge is 2.12. The Kier molecular flexibility index (Phi) is 4.19. The van der Waals surface area contributed by atoms with Gasteiger partial charge in [0.2, 0.25) is 0 Å². The van der Waals surface area contributed by atoms with Gasteiger partial charge in [0.1, 0.15) is 11.9 Å². The van der Waals surface area contributed by atoms with E-state index in [0.717, 1.165) is 19.6 Å². The van der Waals surface area contributed by atoms with Crippen LogP contribution in [0, 0.1) is 11.3 Å². The Labute approximate surface area is 111 Å². The van der Waals surface area contributed by atoms with Crippen molar-refractivity contribution in [3.05, 3.63) is 34.5 Å². The number of aromatic nitrogens is 1. The van der Waals surface area contributed by atoms with E-state index in [-0.39, 0.29) is 0 Å². The molecule has 1 aliphatic heterocycles. The zero-order valence-electron chi connectivity index (χ0n) is 10.2. The van der Waals surface area contributed by atoms with E-state index >= 15 is 0 Å². The molecule has 0 radical (unpaired) electrons. The molecule has 0 fully saturated rings. The summed E-state index contributed by atoms with van der Waals surface area (Å²) in [4.78, 5) is 6.18. The van der Waals surface area contributed by atoms with Crippen LogP contribution in [0.5, 0.6) is 0 Å². The van der Waals surface area contributed by atoms with Crippen molar-refractivity contribution in [3.8, 4) is 6.07 Å². The van der Waals surface area contributed by atoms with Crippen LogP contribution in [0.1, 0.15) is 12.0 Å². The third-order valence-corrected chi connectivity index (χ3v) is 3.01. The number of halogens is 1. The number of ether oxygens (including phenoxy) is 1. The van der Waals surface area contributed by atoms with E-state index in [1.165, 1.54) is 11.8 Å². The van der Waals surface area contributed by atoms with Crippen LogP contribution in [0.15, 0.2) is 23.9 Å². The molecule has 2 heterocycles. The van der Waals surface area contributed by atoms with E-state index in [9.17, 15) is 0 Å². The maximum Gasteiger partial charge on any atom is 0.147 e. The third-order valence-electron chi connectivity index (χ3n) is 2.74. The van der Waals surface area contributed by atoms with Gasteiger partial charge in [-0.15, -0.1) is 0 Å². The lowest BCUT2D eigenvalue weighted by atomic mass is 10.2. The fourth-order valence-electron chi connectivity index (χ4n) is 1.87. The van der Waals surface area contributed by atoms with Crippen molar-refractivity contribution in [1.29, 1.82) is 5.26 Å². The number of rotatable bonds is 3. The summed E-state index contributed by atoms with van der Waals surface area (Å²) in [6.45, 7) is 2.19. The normalized spacial score (nSPS) is 14.8. The fraction of sp³-hybridized carbons (Fsp3) is 0.385. The molecule has 0 atom stereocenters. The van der Waals surface area contributed by atoms with Crippen molar-refractivity contribution in [1.82, 2.24) is 4.98 Å². The summed E-state index contributed by atoms with van der Waals surface area (Å²) in [5, 5.41) is 9.26. The van der Waals surface area contributed by atoms with Gasteiger partial charge in [-0.05, 0) is 18.1 Å². The summed E-state index contributed by atoms with van der Waals surface area (Å²) in [6.07, 6.45) is 4.68. The summed E-state index contributed by atoms with van der Waals surface area (Å²) in [7, 11) is 1.93. The van der Waals surface area contributed by atoms with Gasteiger partial charge in [0.15, 0.2) is 0 Å². The lowest BCUT2D eigenvalue weighted by Gasteiger charge is -2.22. The molecule has 18 heavy (non-hydrogen) atoms. The second-order valence-electron chi connectivity index (χ2n) is 4.20. The molecule has 5 heteroatoms. The molecule has 1 aromatic rings. The first-order valence-electron chi connectivity index (χ1n) is 5.73.